The molecule has 2 unspecified atom stereocenters. The van der Waals surface area contributed by atoms with Crippen LogP contribution in [0.3, 0.4) is 0 Å². The Balaban J connectivity index is 1.93. The summed E-state index contributed by atoms with van der Waals surface area (Å²) in [6.45, 7) is 11.7. The zero-order valence-corrected chi connectivity index (χ0v) is 12.9. The van der Waals surface area contributed by atoms with Gasteiger partial charge in [0.25, 0.3) is 0 Å². The second-order valence-electron chi connectivity index (χ2n) is 6.24. The Hall–Kier alpha value is -1.79. The van der Waals surface area contributed by atoms with Crippen LogP contribution >= 0.6 is 0 Å². The lowest BCUT2D eigenvalue weighted by atomic mass is 9.88. The smallest absolute Gasteiger partial charge is 0.187 e. The first-order chi connectivity index (χ1) is 10.2. The molecule has 0 bridgehead atoms. The van der Waals surface area contributed by atoms with E-state index in [-0.39, 0.29) is 0 Å². The molecule has 21 heavy (non-hydrogen) atoms. The molecule has 2 aromatic rings. The number of H-pyrrole nitrogens is 1. The van der Waals surface area contributed by atoms with Crippen molar-refractivity contribution >= 4 is 16.6 Å². The monoisotopic (exact) mass is 281 g/mol. The van der Waals surface area contributed by atoms with Crippen LogP contribution in [-0.2, 0) is 0 Å². The molecule has 110 valence electrons. The molecule has 1 fully saturated rings. The molecule has 1 N–H and O–H groups in total. The molecule has 3 rings (SSSR count). The lowest BCUT2D eigenvalue weighted by Gasteiger charge is -2.24. The Labute approximate surface area is 126 Å². The number of fused-ring (bicyclic) bond motifs is 1. The van der Waals surface area contributed by atoms with E-state index in [0.29, 0.717) is 5.92 Å². The summed E-state index contributed by atoms with van der Waals surface area (Å²) in [6.07, 6.45) is 6.09. The summed E-state index contributed by atoms with van der Waals surface area (Å²) in [7, 11) is 2.21. The van der Waals surface area contributed by atoms with Crippen LogP contribution < -0.4 is 0 Å². The summed E-state index contributed by atoms with van der Waals surface area (Å²) in [6, 6.07) is 5.98. The largest absolute Gasteiger partial charge is 0.361 e. The van der Waals surface area contributed by atoms with Crippen LogP contribution in [0.4, 0.5) is 5.69 Å². The summed E-state index contributed by atoms with van der Waals surface area (Å²) in [5.74, 6) is 1.37. The highest BCUT2D eigenvalue weighted by molar-refractivity contribution is 5.87. The van der Waals surface area contributed by atoms with Crippen molar-refractivity contribution in [1.29, 1.82) is 0 Å². The Kier molecular flexibility index (Phi) is 3.98. The Morgan fingerprint density at radius 3 is 3.00 bits per heavy atom. The molecule has 1 aromatic heterocycles. The lowest BCUT2D eigenvalue weighted by Crippen LogP contribution is -2.26. The van der Waals surface area contributed by atoms with Gasteiger partial charge in [-0.25, -0.2) is 4.85 Å². The van der Waals surface area contributed by atoms with E-state index >= 15 is 0 Å². The van der Waals surface area contributed by atoms with Crippen LogP contribution in [0.1, 0.15) is 37.7 Å². The summed E-state index contributed by atoms with van der Waals surface area (Å²) >= 11 is 0. The minimum absolute atomic E-state index is 0.633. The average molecular weight is 281 g/mol. The minimum Gasteiger partial charge on any atom is -0.361 e. The number of hydrogen-bond donors (Lipinski definition) is 1. The normalized spacial score (nSPS) is 22.0. The third-order valence-electron chi connectivity index (χ3n) is 4.97. The van der Waals surface area contributed by atoms with Crippen molar-refractivity contribution in [3.8, 4) is 0 Å². The van der Waals surface area contributed by atoms with Gasteiger partial charge in [0.2, 0.25) is 0 Å². The fourth-order valence-electron chi connectivity index (χ4n) is 3.70. The number of rotatable bonds is 4. The maximum Gasteiger partial charge on any atom is 0.187 e. The maximum atomic E-state index is 7.22. The third-order valence-corrected chi connectivity index (χ3v) is 4.97. The molecule has 0 saturated heterocycles. The molecule has 1 aromatic carbocycles. The Morgan fingerprint density at radius 2 is 2.24 bits per heavy atom. The van der Waals surface area contributed by atoms with E-state index in [4.69, 9.17) is 6.57 Å². The van der Waals surface area contributed by atoms with Crippen LogP contribution in [0.15, 0.2) is 24.4 Å². The predicted octanol–water partition coefficient (Wildman–Crippen LogP) is 4.55. The average Bonchev–Trinajstić information content (AvgIpc) is 3.12. The van der Waals surface area contributed by atoms with Gasteiger partial charge in [0.1, 0.15) is 0 Å². The van der Waals surface area contributed by atoms with Crippen molar-refractivity contribution in [3.63, 3.8) is 0 Å². The molecule has 1 aliphatic rings. The van der Waals surface area contributed by atoms with Gasteiger partial charge in [0.15, 0.2) is 5.69 Å². The fourth-order valence-corrected chi connectivity index (χ4v) is 3.70. The fraction of sp³-hybridized carbons (Fsp3) is 0.500. The zero-order chi connectivity index (χ0) is 14.8. The van der Waals surface area contributed by atoms with Crippen LogP contribution in [0.25, 0.3) is 15.7 Å². The molecule has 2 atom stereocenters. The molecule has 1 aliphatic carbocycles. The summed E-state index contributed by atoms with van der Waals surface area (Å²) < 4.78 is 0. The van der Waals surface area contributed by atoms with Crippen molar-refractivity contribution in [2.24, 2.45) is 5.92 Å². The highest BCUT2D eigenvalue weighted by Gasteiger charge is 2.30. The van der Waals surface area contributed by atoms with Crippen molar-refractivity contribution in [2.45, 2.75) is 32.1 Å². The maximum absolute atomic E-state index is 7.22. The van der Waals surface area contributed by atoms with E-state index < -0.39 is 0 Å². The van der Waals surface area contributed by atoms with Gasteiger partial charge in [-0.15, -0.1) is 0 Å². The van der Waals surface area contributed by atoms with Crippen LogP contribution in [0, 0.1) is 12.5 Å². The highest BCUT2D eigenvalue weighted by Crippen LogP contribution is 2.43. The number of aromatic amines is 1. The second-order valence-corrected chi connectivity index (χ2v) is 6.24. The second kappa shape index (κ2) is 5.91. The van der Waals surface area contributed by atoms with Gasteiger partial charge in [0, 0.05) is 18.3 Å². The van der Waals surface area contributed by atoms with Crippen molar-refractivity contribution < 1.29 is 0 Å². The predicted molar refractivity (Wildman–Crippen MR) is 87.8 cm³/mol. The molecule has 3 nitrogen and oxygen atoms in total. The zero-order valence-electron chi connectivity index (χ0n) is 12.9. The summed E-state index contributed by atoms with van der Waals surface area (Å²) in [5.41, 5.74) is 3.32. The van der Waals surface area contributed by atoms with Crippen molar-refractivity contribution in [2.75, 3.05) is 20.1 Å². The minimum atomic E-state index is 0.633. The molecule has 1 saturated carbocycles. The van der Waals surface area contributed by atoms with Crippen LogP contribution in [0.2, 0.25) is 0 Å². The van der Waals surface area contributed by atoms with E-state index in [1.807, 2.05) is 18.2 Å². The van der Waals surface area contributed by atoms with Crippen molar-refractivity contribution in [1.82, 2.24) is 9.88 Å². The highest BCUT2D eigenvalue weighted by atomic mass is 15.1. The van der Waals surface area contributed by atoms with E-state index in [1.54, 1.807) is 0 Å². The standard InChI is InChI=1S/C18H23N3/c1-4-21(3)12-13-6-5-7-15(13)17-11-20-18-9-8-14(19-2)10-16(17)18/h8-11,13,15,20H,4-7,12H2,1,3H3. The quantitative estimate of drug-likeness (QED) is 0.816. The van der Waals surface area contributed by atoms with Crippen molar-refractivity contribution in [3.05, 3.63) is 41.4 Å². The molecule has 1 heterocycles. The molecule has 3 heteroatoms. The number of aromatic nitrogens is 1. The van der Waals surface area contributed by atoms with Crippen LogP contribution in [0.5, 0.6) is 0 Å². The lowest BCUT2D eigenvalue weighted by molar-refractivity contribution is 0.277. The van der Waals surface area contributed by atoms with E-state index in [2.05, 4.69) is 34.9 Å². The first-order valence-electron chi connectivity index (χ1n) is 7.90. The van der Waals surface area contributed by atoms with Gasteiger partial charge in [-0.1, -0.05) is 19.4 Å². The van der Waals surface area contributed by atoms with Gasteiger partial charge in [-0.05, 0) is 61.4 Å². The van der Waals surface area contributed by atoms with Gasteiger partial charge in [-0.2, -0.15) is 0 Å². The molecule has 0 spiro atoms. The third kappa shape index (κ3) is 2.69. The first-order valence-corrected chi connectivity index (χ1v) is 7.90. The Morgan fingerprint density at radius 1 is 1.38 bits per heavy atom. The van der Waals surface area contributed by atoms with Gasteiger partial charge < -0.3 is 9.88 Å². The molecular weight excluding hydrogens is 258 g/mol. The van der Waals surface area contributed by atoms with Gasteiger partial charge in [0.05, 0.1) is 6.57 Å². The summed E-state index contributed by atoms with van der Waals surface area (Å²) in [5, 5.41) is 1.25. The Bertz CT molecular complexity index is 665. The van der Waals surface area contributed by atoms with E-state index in [1.165, 1.54) is 36.8 Å². The topological polar surface area (TPSA) is 23.4 Å². The molecule has 0 aliphatic heterocycles. The summed E-state index contributed by atoms with van der Waals surface area (Å²) in [4.78, 5) is 9.38. The number of nitrogens with zero attached hydrogens (tertiary/aromatic N) is 2. The van der Waals surface area contributed by atoms with E-state index in [9.17, 15) is 0 Å². The van der Waals surface area contributed by atoms with E-state index in [0.717, 1.165) is 23.7 Å². The number of benzene rings is 1. The van der Waals surface area contributed by atoms with Crippen LogP contribution in [-0.4, -0.2) is 30.0 Å². The molecule has 0 radical (unpaired) electrons. The van der Waals surface area contributed by atoms with Gasteiger partial charge in [-0.3, -0.25) is 0 Å². The SMILES string of the molecule is [C-]#[N+]c1ccc2[nH]cc(C3CCCC3CN(C)CC)c2c1. The number of hydrogen-bond acceptors (Lipinski definition) is 1. The van der Waals surface area contributed by atoms with Gasteiger partial charge >= 0.3 is 0 Å². The first kappa shape index (κ1) is 14.2. The number of nitrogens with one attached hydrogen (secondary N) is 1. The molecular formula is C18H23N3. The molecule has 0 amide bonds.